The Morgan fingerprint density at radius 2 is 2.00 bits per heavy atom. The molecule has 0 unspecified atom stereocenters. The van der Waals surface area contributed by atoms with Crippen LogP contribution >= 0.6 is 11.6 Å². The summed E-state index contributed by atoms with van der Waals surface area (Å²) < 4.78 is 13.5. The summed E-state index contributed by atoms with van der Waals surface area (Å²) in [7, 11) is 0. The number of benzene rings is 2. The fourth-order valence-corrected chi connectivity index (χ4v) is 1.71. The zero-order valence-electron chi connectivity index (χ0n) is 10.1. The van der Waals surface area contributed by atoms with Crippen molar-refractivity contribution in [3.63, 3.8) is 0 Å². The average molecular weight is 280 g/mol. The van der Waals surface area contributed by atoms with Gasteiger partial charge in [-0.1, -0.05) is 17.7 Å². The molecule has 0 radical (unpaired) electrons. The summed E-state index contributed by atoms with van der Waals surface area (Å²) in [5, 5.41) is 12.0. The molecule has 0 aliphatic heterocycles. The van der Waals surface area contributed by atoms with E-state index in [1.165, 1.54) is 18.2 Å². The minimum Gasteiger partial charge on any atom is -0.508 e. The second kappa shape index (κ2) is 5.28. The second-order valence-electron chi connectivity index (χ2n) is 4.08. The lowest BCUT2D eigenvalue weighted by molar-refractivity contribution is 0.102. The van der Waals surface area contributed by atoms with Gasteiger partial charge in [0.1, 0.15) is 11.6 Å². The number of nitrogens with one attached hydrogen (secondary N) is 1. The van der Waals surface area contributed by atoms with Crippen LogP contribution in [0.5, 0.6) is 5.75 Å². The van der Waals surface area contributed by atoms with Crippen LogP contribution in [0.2, 0.25) is 5.02 Å². The van der Waals surface area contributed by atoms with E-state index in [-0.39, 0.29) is 11.4 Å². The summed E-state index contributed by atoms with van der Waals surface area (Å²) in [6, 6.07) is 8.35. The van der Waals surface area contributed by atoms with E-state index in [1.807, 2.05) is 6.92 Å². The molecule has 19 heavy (non-hydrogen) atoms. The second-order valence-corrected chi connectivity index (χ2v) is 4.49. The van der Waals surface area contributed by atoms with Crippen LogP contribution in [-0.2, 0) is 0 Å². The van der Waals surface area contributed by atoms with E-state index in [1.54, 1.807) is 12.1 Å². The number of aromatic hydroxyl groups is 1. The molecule has 0 heterocycles. The summed E-state index contributed by atoms with van der Waals surface area (Å²) in [5.74, 6) is -1.37. The van der Waals surface area contributed by atoms with Crippen molar-refractivity contribution >= 4 is 23.2 Å². The highest BCUT2D eigenvalue weighted by Gasteiger charge is 2.10. The smallest absolute Gasteiger partial charge is 0.255 e. The van der Waals surface area contributed by atoms with Crippen molar-refractivity contribution in [1.82, 2.24) is 0 Å². The first kappa shape index (κ1) is 13.4. The van der Waals surface area contributed by atoms with Crippen molar-refractivity contribution in [2.24, 2.45) is 0 Å². The normalized spacial score (nSPS) is 10.3. The van der Waals surface area contributed by atoms with E-state index in [9.17, 15) is 9.18 Å². The minimum absolute atomic E-state index is 0.000465. The molecule has 5 heteroatoms. The SMILES string of the molecule is Cc1ccc(C(=O)Nc2ccc(O)cc2F)cc1Cl. The molecule has 98 valence electrons. The van der Waals surface area contributed by atoms with Gasteiger partial charge in [-0.3, -0.25) is 4.79 Å². The van der Waals surface area contributed by atoms with Crippen molar-refractivity contribution < 1.29 is 14.3 Å². The zero-order valence-corrected chi connectivity index (χ0v) is 10.8. The maximum Gasteiger partial charge on any atom is 0.255 e. The fourth-order valence-electron chi connectivity index (χ4n) is 1.53. The van der Waals surface area contributed by atoms with Gasteiger partial charge in [-0.05, 0) is 36.8 Å². The highest BCUT2D eigenvalue weighted by atomic mass is 35.5. The van der Waals surface area contributed by atoms with E-state index in [2.05, 4.69) is 5.32 Å². The molecule has 0 bridgehead atoms. The van der Waals surface area contributed by atoms with E-state index < -0.39 is 11.7 Å². The first-order valence-corrected chi connectivity index (χ1v) is 5.91. The number of hydrogen-bond acceptors (Lipinski definition) is 2. The van der Waals surface area contributed by atoms with Gasteiger partial charge in [-0.25, -0.2) is 4.39 Å². The highest BCUT2D eigenvalue weighted by Crippen LogP contribution is 2.21. The van der Waals surface area contributed by atoms with Crippen LogP contribution in [0.4, 0.5) is 10.1 Å². The predicted molar refractivity (Wildman–Crippen MR) is 72.2 cm³/mol. The Morgan fingerprint density at radius 1 is 1.26 bits per heavy atom. The standard InChI is InChI=1S/C14H11ClFNO2/c1-8-2-3-9(6-11(8)15)14(19)17-13-5-4-10(18)7-12(13)16/h2-7,18H,1H3,(H,17,19). The van der Waals surface area contributed by atoms with Crippen LogP contribution in [0.15, 0.2) is 36.4 Å². The number of anilines is 1. The molecule has 0 spiro atoms. The molecule has 2 N–H and O–H groups in total. The molecule has 2 aromatic rings. The van der Waals surface area contributed by atoms with Gasteiger partial charge in [0, 0.05) is 16.7 Å². The maximum absolute atomic E-state index is 13.5. The molecule has 0 aromatic heterocycles. The Morgan fingerprint density at radius 3 is 2.63 bits per heavy atom. The number of halogens is 2. The number of phenols is 1. The van der Waals surface area contributed by atoms with Crippen LogP contribution in [-0.4, -0.2) is 11.0 Å². The van der Waals surface area contributed by atoms with Crippen molar-refractivity contribution in [2.45, 2.75) is 6.92 Å². The van der Waals surface area contributed by atoms with E-state index in [0.717, 1.165) is 11.6 Å². The summed E-state index contributed by atoms with van der Waals surface area (Å²) >= 11 is 5.93. The van der Waals surface area contributed by atoms with Gasteiger partial charge in [0.05, 0.1) is 5.69 Å². The first-order chi connectivity index (χ1) is 8.97. The third-order valence-electron chi connectivity index (χ3n) is 2.63. The fraction of sp³-hybridized carbons (Fsp3) is 0.0714. The van der Waals surface area contributed by atoms with E-state index in [0.29, 0.717) is 10.6 Å². The third-order valence-corrected chi connectivity index (χ3v) is 3.04. The Kier molecular flexibility index (Phi) is 3.71. The lowest BCUT2D eigenvalue weighted by Gasteiger charge is -2.07. The number of hydrogen-bond donors (Lipinski definition) is 2. The lowest BCUT2D eigenvalue weighted by Crippen LogP contribution is -2.13. The minimum atomic E-state index is -0.702. The molecule has 0 atom stereocenters. The van der Waals surface area contributed by atoms with Gasteiger partial charge in [0.15, 0.2) is 0 Å². The van der Waals surface area contributed by atoms with Crippen LogP contribution in [0, 0.1) is 12.7 Å². The molecule has 1 amide bonds. The molecule has 3 nitrogen and oxygen atoms in total. The quantitative estimate of drug-likeness (QED) is 0.823. The molecule has 2 aromatic carbocycles. The molecular formula is C14H11ClFNO2. The molecule has 2 rings (SSSR count). The van der Waals surface area contributed by atoms with Gasteiger partial charge < -0.3 is 10.4 Å². The van der Waals surface area contributed by atoms with Crippen LogP contribution < -0.4 is 5.32 Å². The number of amides is 1. The first-order valence-electron chi connectivity index (χ1n) is 5.53. The Balaban J connectivity index is 2.23. The summed E-state index contributed by atoms with van der Waals surface area (Å²) in [5.41, 5.74) is 1.19. The summed E-state index contributed by atoms with van der Waals surface area (Å²) in [6.07, 6.45) is 0. The monoisotopic (exact) mass is 279 g/mol. The zero-order chi connectivity index (χ0) is 14.0. The van der Waals surface area contributed by atoms with Gasteiger partial charge in [-0.2, -0.15) is 0 Å². The van der Waals surface area contributed by atoms with Crippen LogP contribution in [0.1, 0.15) is 15.9 Å². The van der Waals surface area contributed by atoms with Gasteiger partial charge in [-0.15, -0.1) is 0 Å². The number of phenolic OH excluding ortho intramolecular Hbond substituents is 1. The molecular weight excluding hydrogens is 269 g/mol. The van der Waals surface area contributed by atoms with Crippen molar-refractivity contribution in [1.29, 1.82) is 0 Å². The Hall–Kier alpha value is -2.07. The van der Waals surface area contributed by atoms with Crippen molar-refractivity contribution in [3.05, 3.63) is 58.4 Å². The third kappa shape index (κ3) is 3.03. The molecule has 0 fully saturated rings. The summed E-state index contributed by atoms with van der Waals surface area (Å²) in [6.45, 7) is 1.82. The topological polar surface area (TPSA) is 49.3 Å². The number of rotatable bonds is 2. The highest BCUT2D eigenvalue weighted by molar-refractivity contribution is 6.31. The average Bonchev–Trinajstić information content (AvgIpc) is 2.36. The molecule has 0 saturated heterocycles. The number of carbonyl (C=O) groups is 1. The molecule has 0 aliphatic carbocycles. The van der Waals surface area contributed by atoms with E-state index in [4.69, 9.17) is 16.7 Å². The number of carbonyl (C=O) groups excluding carboxylic acids is 1. The number of aryl methyl sites for hydroxylation is 1. The maximum atomic E-state index is 13.5. The Bertz CT molecular complexity index is 643. The lowest BCUT2D eigenvalue weighted by atomic mass is 10.1. The Labute approximate surface area is 114 Å². The van der Waals surface area contributed by atoms with Gasteiger partial charge in [0.2, 0.25) is 0 Å². The van der Waals surface area contributed by atoms with Crippen molar-refractivity contribution in [3.8, 4) is 5.75 Å². The molecule has 0 saturated carbocycles. The summed E-state index contributed by atoms with van der Waals surface area (Å²) in [4.78, 5) is 11.9. The van der Waals surface area contributed by atoms with Crippen molar-refractivity contribution in [2.75, 3.05) is 5.32 Å². The van der Waals surface area contributed by atoms with Gasteiger partial charge in [0.25, 0.3) is 5.91 Å². The largest absolute Gasteiger partial charge is 0.508 e. The van der Waals surface area contributed by atoms with Crippen LogP contribution in [0.3, 0.4) is 0 Å². The molecule has 0 aliphatic rings. The van der Waals surface area contributed by atoms with E-state index >= 15 is 0 Å². The van der Waals surface area contributed by atoms with Crippen LogP contribution in [0.25, 0.3) is 0 Å². The predicted octanol–water partition coefficient (Wildman–Crippen LogP) is 3.75. The van der Waals surface area contributed by atoms with Gasteiger partial charge >= 0.3 is 0 Å².